The van der Waals surface area contributed by atoms with E-state index < -0.39 is 0 Å². The molecule has 3 heterocycles. The van der Waals surface area contributed by atoms with Crippen molar-refractivity contribution >= 4 is 33.9 Å². The van der Waals surface area contributed by atoms with Gasteiger partial charge in [0.15, 0.2) is 5.65 Å². The predicted octanol–water partition coefficient (Wildman–Crippen LogP) is 5.43. The summed E-state index contributed by atoms with van der Waals surface area (Å²) < 4.78 is 4.11. The van der Waals surface area contributed by atoms with Gasteiger partial charge in [-0.25, -0.2) is 14.6 Å². The summed E-state index contributed by atoms with van der Waals surface area (Å²) in [5.41, 5.74) is 4.03. The highest BCUT2D eigenvalue weighted by Gasteiger charge is 2.23. The first-order valence-corrected chi connectivity index (χ1v) is 11.2. The quantitative estimate of drug-likeness (QED) is 0.481. The molecule has 160 valence electrons. The Hall–Kier alpha value is -3.22. The zero-order valence-corrected chi connectivity index (χ0v) is 18.3. The van der Waals surface area contributed by atoms with Gasteiger partial charge in [-0.15, -0.1) is 0 Å². The molecule has 1 aliphatic carbocycles. The molecule has 31 heavy (non-hydrogen) atoms. The van der Waals surface area contributed by atoms with E-state index in [4.69, 9.17) is 4.98 Å². The molecule has 4 aromatic rings. The molecule has 0 saturated heterocycles. The second-order valence-corrected chi connectivity index (χ2v) is 8.76. The summed E-state index contributed by atoms with van der Waals surface area (Å²) in [6.07, 6.45) is 7.71. The largest absolute Gasteiger partial charge is 0.307 e. The molecule has 1 fully saturated rings. The summed E-state index contributed by atoms with van der Waals surface area (Å²) in [6.45, 7) is 6.01. The van der Waals surface area contributed by atoms with Gasteiger partial charge < -0.3 is 4.57 Å². The Labute approximate surface area is 181 Å². The second kappa shape index (κ2) is 7.80. The average molecular weight is 417 g/mol. The molecule has 5 rings (SSSR count). The second-order valence-electron chi connectivity index (χ2n) is 8.76. The van der Waals surface area contributed by atoms with Gasteiger partial charge in [0.2, 0.25) is 5.95 Å². The molecule has 0 bridgehead atoms. The number of para-hydroxylation sites is 2. The van der Waals surface area contributed by atoms with Gasteiger partial charge in [0.1, 0.15) is 0 Å². The Morgan fingerprint density at radius 1 is 1.13 bits per heavy atom. The van der Waals surface area contributed by atoms with Crippen LogP contribution in [0.1, 0.15) is 74.1 Å². The minimum absolute atomic E-state index is 0.184. The zero-order chi connectivity index (χ0) is 21.5. The van der Waals surface area contributed by atoms with Crippen LogP contribution >= 0.6 is 0 Å². The SMILES string of the molecule is Cc1nc2c(cnn2C(C)C)cc1C(=O)Nc1nc2ccccc2n1C1CCCCC1. The summed E-state index contributed by atoms with van der Waals surface area (Å²) in [5.74, 6) is 0.437. The number of hydrogen-bond donors (Lipinski definition) is 1. The highest BCUT2D eigenvalue weighted by molar-refractivity contribution is 6.06. The van der Waals surface area contributed by atoms with Crippen molar-refractivity contribution in [2.24, 2.45) is 0 Å². The number of aryl methyl sites for hydroxylation is 1. The molecule has 7 heteroatoms. The molecule has 1 N–H and O–H groups in total. The first-order valence-electron chi connectivity index (χ1n) is 11.2. The maximum absolute atomic E-state index is 13.3. The smallest absolute Gasteiger partial charge is 0.259 e. The minimum atomic E-state index is -0.184. The maximum Gasteiger partial charge on any atom is 0.259 e. The van der Waals surface area contributed by atoms with Crippen LogP contribution in [0.15, 0.2) is 36.5 Å². The van der Waals surface area contributed by atoms with Crippen molar-refractivity contribution in [3.63, 3.8) is 0 Å². The summed E-state index contributed by atoms with van der Waals surface area (Å²) in [5, 5.41) is 8.39. The van der Waals surface area contributed by atoms with Crippen LogP contribution in [0.4, 0.5) is 5.95 Å². The Morgan fingerprint density at radius 2 is 1.90 bits per heavy atom. The number of imidazole rings is 1. The van der Waals surface area contributed by atoms with Crippen molar-refractivity contribution < 1.29 is 4.79 Å². The fourth-order valence-corrected chi connectivity index (χ4v) is 4.68. The van der Waals surface area contributed by atoms with E-state index in [0.717, 1.165) is 34.9 Å². The zero-order valence-electron chi connectivity index (χ0n) is 18.3. The predicted molar refractivity (Wildman–Crippen MR) is 122 cm³/mol. The summed E-state index contributed by atoms with van der Waals surface area (Å²) in [7, 11) is 0. The van der Waals surface area contributed by atoms with E-state index in [-0.39, 0.29) is 11.9 Å². The van der Waals surface area contributed by atoms with Crippen molar-refractivity contribution in [2.75, 3.05) is 5.32 Å². The third kappa shape index (κ3) is 3.48. The van der Waals surface area contributed by atoms with Gasteiger partial charge in [-0.05, 0) is 51.8 Å². The summed E-state index contributed by atoms with van der Waals surface area (Å²) >= 11 is 0. The fourth-order valence-electron chi connectivity index (χ4n) is 4.68. The van der Waals surface area contributed by atoms with Gasteiger partial charge in [-0.3, -0.25) is 10.1 Å². The number of nitrogens with zero attached hydrogens (tertiary/aromatic N) is 5. The van der Waals surface area contributed by atoms with Gasteiger partial charge in [0.25, 0.3) is 5.91 Å². The number of anilines is 1. The van der Waals surface area contributed by atoms with Crippen LogP contribution in [0.5, 0.6) is 0 Å². The van der Waals surface area contributed by atoms with Crippen LogP contribution in [0.25, 0.3) is 22.1 Å². The molecule has 0 aliphatic heterocycles. The molecule has 1 amide bonds. The van der Waals surface area contributed by atoms with Crippen LogP contribution in [0.2, 0.25) is 0 Å². The summed E-state index contributed by atoms with van der Waals surface area (Å²) in [6, 6.07) is 10.6. The van der Waals surface area contributed by atoms with Gasteiger partial charge in [0.05, 0.1) is 28.5 Å². The van der Waals surface area contributed by atoms with Crippen LogP contribution in [-0.4, -0.2) is 30.2 Å². The minimum Gasteiger partial charge on any atom is -0.307 e. The first-order chi connectivity index (χ1) is 15.0. The number of hydrogen-bond acceptors (Lipinski definition) is 4. The molecule has 0 atom stereocenters. The number of fused-ring (bicyclic) bond motifs is 2. The van der Waals surface area contributed by atoms with Gasteiger partial charge >= 0.3 is 0 Å². The normalized spacial score (nSPS) is 15.2. The number of carbonyl (C=O) groups excluding carboxylic acids is 1. The Balaban J connectivity index is 1.53. The monoisotopic (exact) mass is 416 g/mol. The average Bonchev–Trinajstić information content (AvgIpc) is 3.34. The van der Waals surface area contributed by atoms with Gasteiger partial charge in [-0.1, -0.05) is 31.4 Å². The van der Waals surface area contributed by atoms with Crippen LogP contribution in [-0.2, 0) is 0 Å². The summed E-state index contributed by atoms with van der Waals surface area (Å²) in [4.78, 5) is 22.8. The molecule has 1 aliphatic rings. The number of amides is 1. The number of carbonyl (C=O) groups is 1. The standard InChI is InChI=1S/C24H28N6O/c1-15(2)30-22-17(14-25-30)13-19(16(3)26-22)23(31)28-24-27-20-11-7-8-12-21(20)29(24)18-9-5-4-6-10-18/h7-8,11-15,18H,4-6,9-10H2,1-3H3,(H,27,28,31). The number of pyridine rings is 1. The third-order valence-corrected chi connectivity index (χ3v) is 6.25. The lowest BCUT2D eigenvalue weighted by Gasteiger charge is -2.25. The van der Waals surface area contributed by atoms with Crippen LogP contribution in [0.3, 0.4) is 0 Å². The maximum atomic E-state index is 13.3. The van der Waals surface area contributed by atoms with Crippen LogP contribution < -0.4 is 5.32 Å². The number of aromatic nitrogens is 5. The molecular weight excluding hydrogens is 388 g/mol. The first kappa shape index (κ1) is 19.7. The fraction of sp³-hybridized carbons (Fsp3) is 0.417. The van der Waals surface area contributed by atoms with E-state index >= 15 is 0 Å². The highest BCUT2D eigenvalue weighted by atomic mass is 16.1. The lowest BCUT2D eigenvalue weighted by molar-refractivity contribution is 0.102. The third-order valence-electron chi connectivity index (χ3n) is 6.25. The van der Waals surface area contributed by atoms with Crippen molar-refractivity contribution in [1.82, 2.24) is 24.3 Å². The molecule has 1 aromatic carbocycles. The van der Waals surface area contributed by atoms with E-state index in [9.17, 15) is 4.79 Å². The van der Waals surface area contributed by atoms with Gasteiger partial charge in [-0.2, -0.15) is 5.10 Å². The Bertz CT molecular complexity index is 1260. The molecule has 3 aromatic heterocycles. The number of nitrogens with one attached hydrogen (secondary N) is 1. The van der Waals surface area contributed by atoms with Crippen molar-refractivity contribution in [3.05, 3.63) is 47.8 Å². The number of rotatable bonds is 4. The molecule has 7 nitrogen and oxygen atoms in total. The van der Waals surface area contributed by atoms with Gasteiger partial charge in [0, 0.05) is 17.5 Å². The molecule has 0 spiro atoms. The lowest BCUT2D eigenvalue weighted by atomic mass is 9.95. The van der Waals surface area contributed by atoms with E-state index in [1.165, 1.54) is 19.3 Å². The Kier molecular flexibility index (Phi) is 4.96. The molecule has 1 saturated carbocycles. The van der Waals surface area contributed by atoms with Crippen molar-refractivity contribution in [1.29, 1.82) is 0 Å². The number of benzene rings is 1. The van der Waals surface area contributed by atoms with Crippen LogP contribution in [0, 0.1) is 6.92 Å². The molecular formula is C24H28N6O. The lowest BCUT2D eigenvalue weighted by Crippen LogP contribution is -2.21. The van der Waals surface area contributed by atoms with E-state index in [0.29, 0.717) is 23.2 Å². The highest BCUT2D eigenvalue weighted by Crippen LogP contribution is 2.34. The van der Waals surface area contributed by atoms with E-state index in [2.05, 4.69) is 39.9 Å². The topological polar surface area (TPSA) is 77.6 Å². The van der Waals surface area contributed by atoms with E-state index in [1.54, 1.807) is 6.20 Å². The van der Waals surface area contributed by atoms with Crippen molar-refractivity contribution in [3.8, 4) is 0 Å². The van der Waals surface area contributed by atoms with Crippen molar-refractivity contribution in [2.45, 2.75) is 65.0 Å². The Morgan fingerprint density at radius 3 is 2.68 bits per heavy atom. The molecule has 0 unspecified atom stereocenters. The molecule has 0 radical (unpaired) electrons. The van der Waals surface area contributed by atoms with E-state index in [1.807, 2.05) is 35.9 Å².